The molecule has 0 atom stereocenters. The quantitative estimate of drug-likeness (QED) is 0.879. The van der Waals surface area contributed by atoms with Crippen molar-refractivity contribution in [3.05, 3.63) is 46.0 Å². The van der Waals surface area contributed by atoms with E-state index in [0.717, 1.165) is 6.07 Å². The first-order chi connectivity index (χ1) is 9.49. The lowest BCUT2D eigenvalue weighted by Gasteiger charge is -2.09. The van der Waals surface area contributed by atoms with E-state index in [1.54, 1.807) is 13.0 Å². The zero-order chi connectivity index (χ0) is 14.7. The first-order valence-corrected chi connectivity index (χ1v) is 5.67. The van der Waals surface area contributed by atoms with Crippen LogP contribution in [-0.4, -0.2) is 28.2 Å². The Bertz CT molecular complexity index is 708. The van der Waals surface area contributed by atoms with Crippen LogP contribution in [0.1, 0.15) is 16.2 Å². The minimum absolute atomic E-state index is 0.0268. The molecule has 1 aromatic heterocycles. The number of hydrogen-bond acceptors (Lipinski definition) is 5. The summed E-state index contributed by atoms with van der Waals surface area (Å²) in [5.74, 6) is -0.294. The molecule has 0 unspecified atom stereocenters. The SMILES string of the molecule is COc1ccc(Oc2cc(=O)[nH]c(C)n2)c(C(=O)O)c1. The molecule has 20 heavy (non-hydrogen) atoms. The molecule has 0 saturated carbocycles. The molecule has 0 aliphatic heterocycles. The number of aromatic amines is 1. The van der Waals surface area contributed by atoms with Crippen molar-refractivity contribution < 1.29 is 19.4 Å². The number of carboxylic acid groups (broad SMARTS) is 1. The van der Waals surface area contributed by atoms with Crippen molar-refractivity contribution in [3.63, 3.8) is 0 Å². The number of aryl methyl sites for hydroxylation is 1. The predicted octanol–water partition coefficient (Wildman–Crippen LogP) is 1.58. The summed E-state index contributed by atoms with van der Waals surface area (Å²) in [4.78, 5) is 28.9. The van der Waals surface area contributed by atoms with Crippen molar-refractivity contribution in [1.82, 2.24) is 9.97 Å². The minimum atomic E-state index is -1.17. The summed E-state index contributed by atoms with van der Waals surface area (Å²) < 4.78 is 10.3. The second-order valence-corrected chi connectivity index (χ2v) is 3.94. The van der Waals surface area contributed by atoms with Crippen molar-refractivity contribution in [2.24, 2.45) is 0 Å². The third-order valence-electron chi connectivity index (χ3n) is 2.47. The molecule has 7 nitrogen and oxygen atoms in total. The van der Waals surface area contributed by atoms with Crippen molar-refractivity contribution in [2.45, 2.75) is 6.92 Å². The number of nitrogens with zero attached hydrogens (tertiary/aromatic N) is 1. The van der Waals surface area contributed by atoms with Gasteiger partial charge in [0.1, 0.15) is 22.9 Å². The highest BCUT2D eigenvalue weighted by atomic mass is 16.5. The van der Waals surface area contributed by atoms with E-state index in [0.29, 0.717) is 11.6 Å². The summed E-state index contributed by atoms with van der Waals surface area (Å²) >= 11 is 0. The van der Waals surface area contributed by atoms with Crippen molar-refractivity contribution in [2.75, 3.05) is 7.11 Å². The summed E-state index contributed by atoms with van der Waals surface area (Å²) in [5, 5.41) is 9.15. The lowest BCUT2D eigenvalue weighted by molar-refractivity contribution is 0.0693. The number of carbonyl (C=O) groups is 1. The average molecular weight is 276 g/mol. The lowest BCUT2D eigenvalue weighted by Crippen LogP contribution is -2.09. The van der Waals surface area contributed by atoms with Gasteiger partial charge in [0.2, 0.25) is 5.88 Å². The minimum Gasteiger partial charge on any atom is -0.497 e. The maximum atomic E-state index is 11.3. The first kappa shape index (κ1) is 13.6. The Labute approximate surface area is 113 Å². The molecule has 2 rings (SSSR count). The molecule has 7 heteroatoms. The predicted molar refractivity (Wildman–Crippen MR) is 69.6 cm³/mol. The molecule has 0 saturated heterocycles. The number of methoxy groups -OCH3 is 1. The summed E-state index contributed by atoms with van der Waals surface area (Å²) in [7, 11) is 1.43. The van der Waals surface area contributed by atoms with E-state index in [1.165, 1.54) is 19.2 Å². The Morgan fingerprint density at radius 1 is 1.35 bits per heavy atom. The van der Waals surface area contributed by atoms with E-state index in [1.807, 2.05) is 0 Å². The molecule has 104 valence electrons. The first-order valence-electron chi connectivity index (χ1n) is 5.67. The number of aromatic nitrogens is 2. The summed E-state index contributed by atoms with van der Waals surface area (Å²) in [6.07, 6.45) is 0. The molecule has 0 radical (unpaired) electrons. The fourth-order valence-electron chi connectivity index (χ4n) is 1.61. The van der Waals surface area contributed by atoms with Crippen LogP contribution in [-0.2, 0) is 0 Å². The van der Waals surface area contributed by atoms with E-state index in [2.05, 4.69) is 9.97 Å². The molecule has 0 fully saturated rings. The van der Waals surface area contributed by atoms with Crippen LogP contribution < -0.4 is 15.0 Å². The number of H-pyrrole nitrogens is 1. The number of benzene rings is 1. The Hall–Kier alpha value is -2.83. The molecule has 0 aliphatic carbocycles. The topological polar surface area (TPSA) is 102 Å². The highest BCUT2D eigenvalue weighted by Crippen LogP contribution is 2.27. The third kappa shape index (κ3) is 2.94. The maximum Gasteiger partial charge on any atom is 0.339 e. The number of aromatic carboxylic acids is 1. The smallest absolute Gasteiger partial charge is 0.339 e. The molecule has 0 spiro atoms. The molecule has 0 aliphatic rings. The molecule has 0 bridgehead atoms. The van der Waals surface area contributed by atoms with Gasteiger partial charge in [-0.1, -0.05) is 0 Å². The zero-order valence-electron chi connectivity index (χ0n) is 10.8. The number of rotatable bonds is 4. The van der Waals surface area contributed by atoms with Gasteiger partial charge in [-0.3, -0.25) is 4.79 Å². The van der Waals surface area contributed by atoms with Gasteiger partial charge in [0.15, 0.2) is 0 Å². The molecule has 1 heterocycles. The Morgan fingerprint density at radius 2 is 2.10 bits per heavy atom. The van der Waals surface area contributed by atoms with Gasteiger partial charge in [-0.15, -0.1) is 0 Å². The van der Waals surface area contributed by atoms with Gasteiger partial charge < -0.3 is 19.6 Å². The second kappa shape index (κ2) is 5.43. The Morgan fingerprint density at radius 3 is 2.70 bits per heavy atom. The molecular weight excluding hydrogens is 264 g/mol. The van der Waals surface area contributed by atoms with Crippen molar-refractivity contribution in [1.29, 1.82) is 0 Å². The Balaban J connectivity index is 2.42. The van der Waals surface area contributed by atoms with E-state index in [9.17, 15) is 9.59 Å². The zero-order valence-corrected chi connectivity index (χ0v) is 10.8. The van der Waals surface area contributed by atoms with Gasteiger partial charge in [0, 0.05) is 0 Å². The largest absolute Gasteiger partial charge is 0.497 e. The van der Waals surface area contributed by atoms with Crippen LogP contribution in [0.5, 0.6) is 17.4 Å². The molecular formula is C13H12N2O5. The van der Waals surface area contributed by atoms with Crippen LogP contribution in [0.3, 0.4) is 0 Å². The third-order valence-corrected chi connectivity index (χ3v) is 2.47. The highest BCUT2D eigenvalue weighted by Gasteiger charge is 2.14. The molecule has 0 amide bonds. The lowest BCUT2D eigenvalue weighted by atomic mass is 10.2. The highest BCUT2D eigenvalue weighted by molar-refractivity contribution is 5.91. The van der Waals surface area contributed by atoms with Crippen molar-refractivity contribution in [3.8, 4) is 17.4 Å². The van der Waals surface area contributed by atoms with E-state index < -0.39 is 5.97 Å². The van der Waals surface area contributed by atoms with Gasteiger partial charge in [0.25, 0.3) is 5.56 Å². The van der Waals surface area contributed by atoms with Crippen LogP contribution in [0.4, 0.5) is 0 Å². The van der Waals surface area contributed by atoms with Gasteiger partial charge in [-0.05, 0) is 25.1 Å². The van der Waals surface area contributed by atoms with Crippen LogP contribution in [0.25, 0.3) is 0 Å². The summed E-state index contributed by atoms with van der Waals surface area (Å²) in [6, 6.07) is 5.48. The summed E-state index contributed by atoms with van der Waals surface area (Å²) in [6.45, 7) is 1.60. The van der Waals surface area contributed by atoms with E-state index >= 15 is 0 Å². The number of carboxylic acids is 1. The normalized spacial score (nSPS) is 10.1. The van der Waals surface area contributed by atoms with Crippen LogP contribution in [0, 0.1) is 6.92 Å². The fourth-order valence-corrected chi connectivity index (χ4v) is 1.61. The van der Waals surface area contributed by atoms with Crippen LogP contribution in [0.2, 0.25) is 0 Å². The Kier molecular flexibility index (Phi) is 3.69. The number of hydrogen-bond donors (Lipinski definition) is 2. The van der Waals surface area contributed by atoms with Gasteiger partial charge in [0.05, 0.1) is 13.2 Å². The van der Waals surface area contributed by atoms with E-state index in [4.69, 9.17) is 14.6 Å². The molecule has 2 N–H and O–H groups in total. The summed E-state index contributed by atoms with van der Waals surface area (Å²) in [5.41, 5.74) is -0.457. The number of nitrogens with one attached hydrogen (secondary N) is 1. The van der Waals surface area contributed by atoms with Gasteiger partial charge in [-0.2, -0.15) is 0 Å². The van der Waals surface area contributed by atoms with Crippen molar-refractivity contribution >= 4 is 5.97 Å². The molecule has 1 aromatic carbocycles. The van der Waals surface area contributed by atoms with Crippen LogP contribution >= 0.6 is 0 Å². The van der Waals surface area contributed by atoms with E-state index in [-0.39, 0.29) is 22.8 Å². The standard InChI is InChI=1S/C13H12N2O5/c1-7-14-11(16)6-12(15-7)20-10-4-3-8(19-2)5-9(10)13(17)18/h3-6H,1-2H3,(H,17,18)(H,14,15,16). The fraction of sp³-hybridized carbons (Fsp3) is 0.154. The van der Waals surface area contributed by atoms with Gasteiger partial charge >= 0.3 is 5.97 Å². The average Bonchev–Trinajstić information content (AvgIpc) is 2.37. The molecule has 2 aromatic rings. The maximum absolute atomic E-state index is 11.3. The number of ether oxygens (including phenoxy) is 2. The van der Waals surface area contributed by atoms with Crippen LogP contribution in [0.15, 0.2) is 29.1 Å². The van der Waals surface area contributed by atoms with Gasteiger partial charge in [-0.25, -0.2) is 9.78 Å². The monoisotopic (exact) mass is 276 g/mol. The second-order valence-electron chi connectivity index (χ2n) is 3.94.